The highest BCUT2D eigenvalue weighted by molar-refractivity contribution is 6.34. The summed E-state index contributed by atoms with van der Waals surface area (Å²) in [5.41, 5.74) is 3.71. The third-order valence-corrected chi connectivity index (χ3v) is 6.07. The molecule has 2 atom stereocenters. The molecule has 1 saturated heterocycles. The number of nitrogens with zero attached hydrogens (tertiary/aromatic N) is 1. The lowest BCUT2D eigenvalue weighted by molar-refractivity contribution is -0.121. The Hall–Kier alpha value is -1.88. The Morgan fingerprint density at radius 3 is 2.43 bits per heavy atom. The molecule has 1 heterocycles. The molecule has 0 aliphatic carbocycles. The SMILES string of the molecule is Cc1cc(C)c(NC(=O)C(C)N2CCC(C(O)c3ccccc3)CC2)c(Cl)c1. The van der Waals surface area contributed by atoms with Crippen molar-refractivity contribution in [2.45, 2.75) is 45.8 Å². The lowest BCUT2D eigenvalue weighted by Gasteiger charge is -2.37. The number of amides is 1. The number of carbonyl (C=O) groups excluding carboxylic acids is 1. The van der Waals surface area contributed by atoms with Crippen LogP contribution >= 0.6 is 11.6 Å². The predicted octanol–water partition coefficient (Wildman–Crippen LogP) is 4.73. The molecule has 1 aliphatic heterocycles. The molecule has 2 N–H and O–H groups in total. The van der Waals surface area contributed by atoms with Gasteiger partial charge in [0, 0.05) is 0 Å². The highest BCUT2D eigenvalue weighted by Gasteiger charge is 2.30. The van der Waals surface area contributed by atoms with Crippen molar-refractivity contribution in [3.63, 3.8) is 0 Å². The zero-order chi connectivity index (χ0) is 20.3. The Bertz CT molecular complexity index is 794. The van der Waals surface area contributed by atoms with E-state index in [4.69, 9.17) is 11.6 Å². The number of aliphatic hydroxyl groups excluding tert-OH is 1. The van der Waals surface area contributed by atoms with Crippen LogP contribution in [0.1, 0.15) is 42.6 Å². The summed E-state index contributed by atoms with van der Waals surface area (Å²) in [6, 6.07) is 13.5. The fourth-order valence-corrected chi connectivity index (χ4v) is 4.38. The van der Waals surface area contributed by atoms with Crippen molar-refractivity contribution in [2.24, 2.45) is 5.92 Å². The van der Waals surface area contributed by atoms with Gasteiger partial charge in [0.2, 0.25) is 5.91 Å². The van der Waals surface area contributed by atoms with Crippen molar-refractivity contribution < 1.29 is 9.90 Å². The van der Waals surface area contributed by atoms with Crippen molar-refractivity contribution in [1.82, 2.24) is 4.90 Å². The van der Waals surface area contributed by atoms with Crippen LogP contribution in [-0.2, 0) is 4.79 Å². The molecule has 2 aromatic carbocycles. The maximum Gasteiger partial charge on any atom is 0.241 e. The minimum Gasteiger partial charge on any atom is -0.388 e. The number of benzene rings is 2. The molecule has 0 saturated carbocycles. The Labute approximate surface area is 172 Å². The van der Waals surface area contributed by atoms with Crippen LogP contribution in [0.25, 0.3) is 0 Å². The van der Waals surface area contributed by atoms with Crippen molar-refractivity contribution in [2.75, 3.05) is 18.4 Å². The number of halogens is 1. The molecule has 0 bridgehead atoms. The molecule has 3 rings (SSSR count). The molecule has 2 aromatic rings. The molecule has 1 fully saturated rings. The van der Waals surface area contributed by atoms with E-state index in [1.807, 2.05) is 63.2 Å². The summed E-state index contributed by atoms with van der Waals surface area (Å²) in [5, 5.41) is 14.2. The van der Waals surface area contributed by atoms with Crippen molar-refractivity contribution >= 4 is 23.2 Å². The first-order valence-corrected chi connectivity index (χ1v) is 10.3. The van der Waals surface area contributed by atoms with Gasteiger partial charge in [0.05, 0.1) is 22.9 Å². The Kier molecular flexibility index (Phi) is 6.76. The minimum atomic E-state index is -0.443. The number of rotatable bonds is 5. The van der Waals surface area contributed by atoms with E-state index in [0.29, 0.717) is 10.7 Å². The van der Waals surface area contributed by atoms with Crippen LogP contribution in [0, 0.1) is 19.8 Å². The summed E-state index contributed by atoms with van der Waals surface area (Å²) in [6.45, 7) is 7.46. The summed E-state index contributed by atoms with van der Waals surface area (Å²) >= 11 is 6.33. The molecular formula is C23H29ClN2O2. The van der Waals surface area contributed by atoms with Crippen LogP contribution in [0.5, 0.6) is 0 Å². The zero-order valence-electron chi connectivity index (χ0n) is 16.8. The highest BCUT2D eigenvalue weighted by Crippen LogP contribution is 2.32. The van der Waals surface area contributed by atoms with E-state index >= 15 is 0 Å². The fraction of sp³-hybridized carbons (Fsp3) is 0.435. The molecule has 0 spiro atoms. The molecule has 5 heteroatoms. The number of piperidine rings is 1. The molecule has 28 heavy (non-hydrogen) atoms. The summed E-state index contributed by atoms with van der Waals surface area (Å²) in [5.74, 6) is 0.179. The van der Waals surface area contributed by atoms with Crippen molar-refractivity contribution in [3.8, 4) is 0 Å². The first-order valence-electron chi connectivity index (χ1n) is 9.91. The maximum atomic E-state index is 12.8. The van der Waals surface area contributed by atoms with Gasteiger partial charge in [-0.3, -0.25) is 9.69 Å². The summed E-state index contributed by atoms with van der Waals surface area (Å²) in [4.78, 5) is 15.0. The predicted molar refractivity (Wildman–Crippen MR) is 115 cm³/mol. The number of aliphatic hydroxyl groups is 1. The number of hydrogen-bond acceptors (Lipinski definition) is 3. The van der Waals surface area contributed by atoms with Gasteiger partial charge in [0.25, 0.3) is 0 Å². The highest BCUT2D eigenvalue weighted by atomic mass is 35.5. The summed E-state index contributed by atoms with van der Waals surface area (Å²) < 4.78 is 0. The van der Waals surface area contributed by atoms with Crippen molar-refractivity contribution in [3.05, 3.63) is 64.2 Å². The van der Waals surface area contributed by atoms with E-state index in [0.717, 1.165) is 42.6 Å². The van der Waals surface area contributed by atoms with Gasteiger partial charge in [0.1, 0.15) is 0 Å². The number of nitrogens with one attached hydrogen (secondary N) is 1. The standard InChI is InChI=1S/C23H29ClN2O2/c1-15-13-16(2)21(20(24)14-15)25-23(28)17(3)26-11-9-19(10-12-26)22(27)18-7-5-4-6-8-18/h4-8,13-14,17,19,22,27H,9-12H2,1-3H3,(H,25,28). The van der Waals surface area contributed by atoms with Gasteiger partial charge in [-0.2, -0.15) is 0 Å². The van der Waals surface area contributed by atoms with Crippen LogP contribution < -0.4 is 5.32 Å². The van der Waals surface area contributed by atoms with Crippen molar-refractivity contribution in [1.29, 1.82) is 0 Å². The van der Waals surface area contributed by atoms with Crippen LogP contribution in [-0.4, -0.2) is 35.0 Å². The Morgan fingerprint density at radius 1 is 1.18 bits per heavy atom. The molecule has 150 valence electrons. The van der Waals surface area contributed by atoms with Crippen LogP contribution in [0.3, 0.4) is 0 Å². The van der Waals surface area contributed by atoms with Crippen LogP contribution in [0.15, 0.2) is 42.5 Å². The molecular weight excluding hydrogens is 372 g/mol. The quantitative estimate of drug-likeness (QED) is 0.762. The van der Waals surface area contributed by atoms with Crippen LogP contribution in [0.2, 0.25) is 5.02 Å². The van der Waals surface area contributed by atoms with Gasteiger partial charge in [-0.25, -0.2) is 0 Å². The van der Waals surface area contributed by atoms with E-state index in [1.165, 1.54) is 0 Å². The van der Waals surface area contributed by atoms with Gasteiger partial charge in [0.15, 0.2) is 0 Å². The number of likely N-dealkylation sites (tertiary alicyclic amines) is 1. The average molecular weight is 401 g/mol. The third kappa shape index (κ3) is 4.75. The van der Waals surface area contributed by atoms with E-state index in [9.17, 15) is 9.90 Å². The lowest BCUT2D eigenvalue weighted by Crippen LogP contribution is -2.46. The normalized spacial score (nSPS) is 17.9. The van der Waals surface area contributed by atoms with Gasteiger partial charge in [-0.05, 0) is 75.4 Å². The molecule has 0 aromatic heterocycles. The minimum absolute atomic E-state index is 0.0455. The first kappa shape index (κ1) is 20.8. The maximum absolute atomic E-state index is 12.8. The zero-order valence-corrected chi connectivity index (χ0v) is 17.5. The van der Waals surface area contributed by atoms with Crippen LogP contribution in [0.4, 0.5) is 5.69 Å². The first-order chi connectivity index (χ1) is 13.4. The molecule has 2 unspecified atom stereocenters. The topological polar surface area (TPSA) is 52.6 Å². The van der Waals surface area contributed by atoms with E-state index in [-0.39, 0.29) is 17.9 Å². The number of carbonyl (C=O) groups is 1. The van der Waals surface area contributed by atoms with E-state index < -0.39 is 6.10 Å². The van der Waals surface area contributed by atoms with Gasteiger partial charge in [-0.1, -0.05) is 48.0 Å². The molecule has 0 radical (unpaired) electrons. The van der Waals surface area contributed by atoms with E-state index in [1.54, 1.807) is 0 Å². The Balaban J connectivity index is 1.58. The summed E-state index contributed by atoms with van der Waals surface area (Å²) in [6.07, 6.45) is 1.30. The van der Waals surface area contributed by atoms with Gasteiger partial charge >= 0.3 is 0 Å². The second kappa shape index (κ2) is 9.08. The third-order valence-electron chi connectivity index (χ3n) is 5.77. The molecule has 4 nitrogen and oxygen atoms in total. The number of hydrogen-bond donors (Lipinski definition) is 2. The second-order valence-electron chi connectivity index (χ2n) is 7.83. The number of aryl methyl sites for hydroxylation is 2. The largest absolute Gasteiger partial charge is 0.388 e. The monoisotopic (exact) mass is 400 g/mol. The summed E-state index contributed by atoms with van der Waals surface area (Å²) in [7, 11) is 0. The lowest BCUT2D eigenvalue weighted by atomic mass is 9.87. The van der Waals surface area contributed by atoms with E-state index in [2.05, 4.69) is 10.2 Å². The smallest absolute Gasteiger partial charge is 0.241 e. The van der Waals surface area contributed by atoms with Gasteiger partial charge < -0.3 is 10.4 Å². The van der Waals surface area contributed by atoms with Gasteiger partial charge in [-0.15, -0.1) is 0 Å². The molecule has 1 amide bonds. The number of anilines is 1. The Morgan fingerprint density at radius 2 is 1.82 bits per heavy atom. The fourth-order valence-electron chi connectivity index (χ4n) is 4.01. The second-order valence-corrected chi connectivity index (χ2v) is 8.24. The molecule has 1 aliphatic rings. The average Bonchev–Trinajstić information content (AvgIpc) is 2.70.